The number of aromatic nitrogens is 2. The molecule has 1 aliphatic heterocycles. The van der Waals surface area contributed by atoms with Crippen LogP contribution >= 0.6 is 0 Å². The standard InChI is InChI=1S/C15H21N3O2/c1-18-8-10(7-16-18)14-13(4-5-20-14)17-15(19)12-6-11(12)9-2-3-9/h7-9,11-14H,2-6H2,1H3,(H,17,19)/t11?,12?,13-,14+/m0/s1. The fraction of sp³-hybridized carbons (Fsp3) is 0.733. The summed E-state index contributed by atoms with van der Waals surface area (Å²) in [5.41, 5.74) is 1.06. The van der Waals surface area contributed by atoms with Crippen molar-refractivity contribution in [3.63, 3.8) is 0 Å². The van der Waals surface area contributed by atoms with Gasteiger partial charge in [-0.05, 0) is 37.5 Å². The lowest BCUT2D eigenvalue weighted by molar-refractivity contribution is -0.123. The third kappa shape index (κ3) is 2.24. The molecular weight excluding hydrogens is 254 g/mol. The van der Waals surface area contributed by atoms with Gasteiger partial charge in [0.05, 0.1) is 12.2 Å². The van der Waals surface area contributed by atoms with E-state index in [4.69, 9.17) is 4.74 Å². The van der Waals surface area contributed by atoms with Crippen LogP contribution in [0, 0.1) is 17.8 Å². The quantitative estimate of drug-likeness (QED) is 0.904. The molecule has 5 nitrogen and oxygen atoms in total. The van der Waals surface area contributed by atoms with Crippen LogP contribution in [0.15, 0.2) is 12.4 Å². The Morgan fingerprint density at radius 3 is 3.00 bits per heavy atom. The average molecular weight is 275 g/mol. The van der Waals surface area contributed by atoms with Gasteiger partial charge in [-0.15, -0.1) is 0 Å². The first-order valence-electron chi connectivity index (χ1n) is 7.63. The molecule has 20 heavy (non-hydrogen) atoms. The first kappa shape index (κ1) is 12.4. The molecule has 1 N–H and O–H groups in total. The van der Waals surface area contributed by atoms with E-state index in [0.717, 1.165) is 24.3 Å². The monoisotopic (exact) mass is 275 g/mol. The lowest BCUT2D eigenvalue weighted by Gasteiger charge is -2.18. The molecule has 0 aromatic carbocycles. The second-order valence-electron chi connectivity index (χ2n) is 6.49. The number of amides is 1. The number of nitrogens with zero attached hydrogens (tertiary/aromatic N) is 2. The van der Waals surface area contributed by atoms with Crippen LogP contribution in [0.5, 0.6) is 0 Å². The van der Waals surface area contributed by atoms with E-state index < -0.39 is 0 Å². The molecule has 1 aromatic rings. The van der Waals surface area contributed by atoms with Crippen molar-refractivity contribution in [2.24, 2.45) is 24.8 Å². The van der Waals surface area contributed by atoms with Gasteiger partial charge < -0.3 is 10.1 Å². The largest absolute Gasteiger partial charge is 0.371 e. The number of nitrogens with one attached hydrogen (secondary N) is 1. The molecule has 4 rings (SSSR count). The van der Waals surface area contributed by atoms with Gasteiger partial charge >= 0.3 is 0 Å². The maximum absolute atomic E-state index is 12.3. The van der Waals surface area contributed by atoms with Crippen LogP contribution in [0.2, 0.25) is 0 Å². The fourth-order valence-corrected chi connectivity index (χ4v) is 3.50. The molecule has 3 aliphatic rings. The second kappa shape index (κ2) is 4.58. The summed E-state index contributed by atoms with van der Waals surface area (Å²) in [5, 5.41) is 7.40. The lowest BCUT2D eigenvalue weighted by atomic mass is 10.0. The van der Waals surface area contributed by atoms with E-state index in [1.807, 2.05) is 19.4 Å². The maximum atomic E-state index is 12.3. The van der Waals surface area contributed by atoms with Crippen molar-refractivity contribution in [2.75, 3.05) is 6.61 Å². The summed E-state index contributed by atoms with van der Waals surface area (Å²) >= 11 is 0. The number of carbonyl (C=O) groups is 1. The summed E-state index contributed by atoms with van der Waals surface area (Å²) in [7, 11) is 1.90. The Balaban J connectivity index is 1.38. The molecule has 2 aliphatic carbocycles. The molecule has 0 radical (unpaired) electrons. The SMILES string of the molecule is Cn1cc([C@H]2OCC[C@@H]2NC(=O)C2CC2C2CC2)cn1. The van der Waals surface area contributed by atoms with E-state index in [1.54, 1.807) is 4.68 Å². The molecule has 3 fully saturated rings. The zero-order valence-corrected chi connectivity index (χ0v) is 11.8. The molecule has 0 bridgehead atoms. The van der Waals surface area contributed by atoms with E-state index >= 15 is 0 Å². The van der Waals surface area contributed by atoms with Gasteiger partial charge in [-0.3, -0.25) is 9.48 Å². The summed E-state index contributed by atoms with van der Waals surface area (Å²) in [6, 6.07) is 0.104. The minimum absolute atomic E-state index is 0.0363. The van der Waals surface area contributed by atoms with Crippen LogP contribution in [-0.2, 0) is 16.6 Å². The Hall–Kier alpha value is -1.36. The molecule has 108 valence electrons. The molecule has 2 saturated carbocycles. The minimum atomic E-state index is -0.0363. The number of ether oxygens (including phenoxy) is 1. The molecule has 2 heterocycles. The van der Waals surface area contributed by atoms with Gasteiger partial charge in [-0.1, -0.05) is 0 Å². The third-order valence-corrected chi connectivity index (χ3v) is 4.88. The minimum Gasteiger partial charge on any atom is -0.371 e. The second-order valence-corrected chi connectivity index (χ2v) is 6.49. The summed E-state index contributed by atoms with van der Waals surface area (Å²) in [4.78, 5) is 12.3. The first-order chi connectivity index (χ1) is 9.72. The zero-order valence-electron chi connectivity index (χ0n) is 11.8. The molecule has 0 spiro atoms. The zero-order chi connectivity index (χ0) is 13.7. The summed E-state index contributed by atoms with van der Waals surface area (Å²) in [5.74, 6) is 2.04. The summed E-state index contributed by atoms with van der Waals surface area (Å²) in [6.07, 6.45) is 8.43. The Morgan fingerprint density at radius 2 is 2.30 bits per heavy atom. The van der Waals surface area contributed by atoms with Crippen LogP contribution < -0.4 is 5.32 Å². The summed E-state index contributed by atoms with van der Waals surface area (Å²) < 4.78 is 7.56. The highest BCUT2D eigenvalue weighted by Gasteiger charge is 2.51. The number of hydrogen-bond donors (Lipinski definition) is 1. The van der Waals surface area contributed by atoms with Crippen molar-refractivity contribution in [1.82, 2.24) is 15.1 Å². The van der Waals surface area contributed by atoms with Gasteiger partial charge in [0.2, 0.25) is 5.91 Å². The maximum Gasteiger partial charge on any atom is 0.223 e. The van der Waals surface area contributed by atoms with E-state index in [9.17, 15) is 4.79 Å². The number of rotatable bonds is 4. The van der Waals surface area contributed by atoms with E-state index in [-0.39, 0.29) is 24.0 Å². The van der Waals surface area contributed by atoms with Crippen LogP contribution in [0.3, 0.4) is 0 Å². The number of carbonyl (C=O) groups excluding carboxylic acids is 1. The average Bonchev–Trinajstić information content (AvgIpc) is 3.30. The molecule has 1 aromatic heterocycles. The van der Waals surface area contributed by atoms with Crippen molar-refractivity contribution < 1.29 is 9.53 Å². The van der Waals surface area contributed by atoms with Crippen LogP contribution in [0.1, 0.15) is 37.4 Å². The highest BCUT2D eigenvalue weighted by Crippen LogP contribution is 2.54. The smallest absolute Gasteiger partial charge is 0.223 e. The van der Waals surface area contributed by atoms with Crippen molar-refractivity contribution in [2.45, 2.75) is 37.8 Å². The van der Waals surface area contributed by atoms with Gasteiger partial charge in [0, 0.05) is 31.3 Å². The lowest BCUT2D eigenvalue weighted by Crippen LogP contribution is -2.38. The van der Waals surface area contributed by atoms with Gasteiger partial charge in [0.1, 0.15) is 6.10 Å². The van der Waals surface area contributed by atoms with Crippen molar-refractivity contribution in [3.05, 3.63) is 18.0 Å². The van der Waals surface area contributed by atoms with E-state index in [2.05, 4.69) is 10.4 Å². The Bertz CT molecular complexity index is 523. The number of hydrogen-bond acceptors (Lipinski definition) is 3. The van der Waals surface area contributed by atoms with E-state index in [0.29, 0.717) is 12.5 Å². The van der Waals surface area contributed by atoms with Crippen molar-refractivity contribution >= 4 is 5.91 Å². The Labute approximate surface area is 118 Å². The van der Waals surface area contributed by atoms with Crippen LogP contribution in [0.25, 0.3) is 0 Å². The van der Waals surface area contributed by atoms with Crippen LogP contribution in [0.4, 0.5) is 0 Å². The van der Waals surface area contributed by atoms with Gasteiger partial charge in [0.25, 0.3) is 0 Å². The molecular formula is C15H21N3O2. The van der Waals surface area contributed by atoms with Gasteiger partial charge in [0.15, 0.2) is 0 Å². The first-order valence-corrected chi connectivity index (χ1v) is 7.63. The van der Waals surface area contributed by atoms with Gasteiger partial charge in [-0.25, -0.2) is 0 Å². The highest BCUT2D eigenvalue weighted by atomic mass is 16.5. The molecule has 4 atom stereocenters. The van der Waals surface area contributed by atoms with E-state index in [1.165, 1.54) is 12.8 Å². The van der Waals surface area contributed by atoms with Crippen molar-refractivity contribution in [3.8, 4) is 0 Å². The normalized spacial score (nSPS) is 36.0. The molecule has 1 saturated heterocycles. The number of aryl methyl sites for hydroxylation is 1. The summed E-state index contributed by atoms with van der Waals surface area (Å²) in [6.45, 7) is 0.710. The topological polar surface area (TPSA) is 56.1 Å². The predicted octanol–water partition coefficient (Wildman–Crippen LogP) is 1.41. The fourth-order valence-electron chi connectivity index (χ4n) is 3.50. The molecule has 1 amide bonds. The Kier molecular flexibility index (Phi) is 2.84. The van der Waals surface area contributed by atoms with Crippen molar-refractivity contribution in [1.29, 1.82) is 0 Å². The van der Waals surface area contributed by atoms with Crippen LogP contribution in [-0.4, -0.2) is 28.3 Å². The van der Waals surface area contributed by atoms with Gasteiger partial charge in [-0.2, -0.15) is 5.10 Å². The highest BCUT2D eigenvalue weighted by molar-refractivity contribution is 5.82. The molecule has 2 unspecified atom stereocenters. The molecule has 5 heteroatoms. The third-order valence-electron chi connectivity index (χ3n) is 4.88. The predicted molar refractivity (Wildman–Crippen MR) is 72.8 cm³/mol. The Morgan fingerprint density at radius 1 is 1.45 bits per heavy atom.